The van der Waals surface area contributed by atoms with Crippen LogP contribution in [0.1, 0.15) is 16.8 Å². The Morgan fingerprint density at radius 3 is 2.88 bits per heavy atom. The van der Waals surface area contributed by atoms with E-state index in [1.54, 1.807) is 30.5 Å². The zero-order valence-electron chi connectivity index (χ0n) is 14.1. The highest BCUT2D eigenvalue weighted by molar-refractivity contribution is 6.42. The highest BCUT2D eigenvalue weighted by Gasteiger charge is 2.25. The van der Waals surface area contributed by atoms with Gasteiger partial charge in [0.05, 0.1) is 22.2 Å². The first-order valence-corrected chi connectivity index (χ1v) is 9.04. The van der Waals surface area contributed by atoms with E-state index in [2.05, 4.69) is 21.8 Å². The van der Waals surface area contributed by atoms with Gasteiger partial charge in [-0.3, -0.25) is 4.79 Å². The van der Waals surface area contributed by atoms with Crippen LogP contribution in [0.3, 0.4) is 0 Å². The molecule has 1 aliphatic rings. The Morgan fingerprint density at radius 1 is 1.35 bits per heavy atom. The van der Waals surface area contributed by atoms with Crippen molar-refractivity contribution < 1.29 is 9.53 Å². The van der Waals surface area contributed by atoms with Crippen LogP contribution >= 0.6 is 23.2 Å². The molecule has 0 spiro atoms. The lowest BCUT2D eigenvalue weighted by Crippen LogP contribution is -2.26. The topological polar surface area (TPSA) is 54.5 Å². The number of benzene rings is 1. The van der Waals surface area contributed by atoms with Gasteiger partial charge >= 0.3 is 0 Å². The van der Waals surface area contributed by atoms with Crippen LogP contribution in [-0.4, -0.2) is 36.6 Å². The van der Waals surface area contributed by atoms with Gasteiger partial charge in [-0.1, -0.05) is 29.3 Å². The minimum absolute atomic E-state index is 0.0459. The van der Waals surface area contributed by atoms with Crippen LogP contribution in [0, 0.1) is 0 Å². The van der Waals surface area contributed by atoms with Crippen molar-refractivity contribution >= 4 is 34.9 Å². The number of pyridine rings is 1. The lowest BCUT2D eigenvalue weighted by Gasteiger charge is -2.18. The summed E-state index contributed by atoms with van der Waals surface area (Å²) in [4.78, 5) is 18.4. The van der Waals surface area contributed by atoms with Gasteiger partial charge in [0, 0.05) is 31.8 Å². The summed E-state index contributed by atoms with van der Waals surface area (Å²) in [5, 5.41) is 3.72. The number of hydrogen-bond acceptors (Lipinski definition) is 4. The minimum Gasteiger partial charge on any atom is -0.488 e. The zero-order chi connectivity index (χ0) is 18.5. The highest BCUT2D eigenvalue weighted by Crippen LogP contribution is 2.28. The maximum atomic E-state index is 11.9. The molecule has 7 heteroatoms. The fraction of sp³-hybridized carbons (Fsp3) is 0.263. The summed E-state index contributed by atoms with van der Waals surface area (Å²) in [5.74, 6) is 1.37. The molecule has 1 aromatic heterocycles. The zero-order valence-corrected chi connectivity index (χ0v) is 15.6. The van der Waals surface area contributed by atoms with Gasteiger partial charge in [-0.15, -0.1) is 6.58 Å². The van der Waals surface area contributed by atoms with Crippen LogP contribution in [0.2, 0.25) is 10.0 Å². The molecule has 0 aliphatic carbocycles. The van der Waals surface area contributed by atoms with Crippen LogP contribution in [0.5, 0.6) is 5.75 Å². The quantitative estimate of drug-likeness (QED) is 0.757. The Morgan fingerprint density at radius 2 is 2.19 bits per heavy atom. The first-order chi connectivity index (χ1) is 12.6. The van der Waals surface area contributed by atoms with E-state index in [1.165, 1.54) is 0 Å². The molecular weight excluding hydrogens is 373 g/mol. The molecule has 1 amide bonds. The number of ether oxygens (including phenoxy) is 1. The van der Waals surface area contributed by atoms with Gasteiger partial charge in [-0.2, -0.15) is 0 Å². The second-order valence-electron chi connectivity index (χ2n) is 5.95. The molecule has 26 heavy (non-hydrogen) atoms. The van der Waals surface area contributed by atoms with Gasteiger partial charge in [0.25, 0.3) is 5.91 Å². The number of nitrogens with zero attached hydrogens (tertiary/aromatic N) is 2. The molecular formula is C19H19Cl2N3O2. The molecule has 3 rings (SSSR count). The van der Waals surface area contributed by atoms with Crippen LogP contribution in [0.25, 0.3) is 0 Å². The van der Waals surface area contributed by atoms with Gasteiger partial charge in [-0.05, 0) is 24.3 Å². The van der Waals surface area contributed by atoms with Gasteiger partial charge in [0.15, 0.2) is 0 Å². The first kappa shape index (κ1) is 18.5. The van der Waals surface area contributed by atoms with Crippen molar-refractivity contribution in [1.82, 2.24) is 10.3 Å². The molecule has 1 aromatic carbocycles. The lowest BCUT2D eigenvalue weighted by atomic mass is 10.2. The van der Waals surface area contributed by atoms with Crippen LogP contribution in [0.4, 0.5) is 5.82 Å². The molecule has 2 heterocycles. The largest absolute Gasteiger partial charge is 0.488 e. The first-order valence-electron chi connectivity index (χ1n) is 8.28. The normalized spacial score (nSPS) is 16.4. The SMILES string of the molecule is C=CCNC(=O)c1ccc(N2CCC(Oc3ccc(Cl)c(Cl)c3)C2)nc1. The van der Waals surface area contributed by atoms with E-state index >= 15 is 0 Å². The van der Waals surface area contributed by atoms with E-state index in [-0.39, 0.29) is 12.0 Å². The summed E-state index contributed by atoms with van der Waals surface area (Å²) in [7, 11) is 0. The average molecular weight is 392 g/mol. The fourth-order valence-electron chi connectivity index (χ4n) is 2.75. The van der Waals surface area contributed by atoms with Crippen LogP contribution < -0.4 is 15.0 Å². The Kier molecular flexibility index (Phi) is 6.01. The van der Waals surface area contributed by atoms with Gasteiger partial charge in [0.2, 0.25) is 0 Å². The standard InChI is InChI=1S/C19H19Cl2N3O2/c1-2-8-22-19(25)13-3-6-18(23-11-13)24-9-7-15(12-24)26-14-4-5-16(20)17(21)10-14/h2-6,10-11,15H,1,7-9,12H2,(H,22,25). The third-order valence-corrected chi connectivity index (χ3v) is 4.82. The van der Waals surface area contributed by atoms with Crippen molar-refractivity contribution in [2.75, 3.05) is 24.5 Å². The predicted octanol–water partition coefficient (Wildman–Crippen LogP) is 3.96. The Labute approximate surface area is 162 Å². The summed E-state index contributed by atoms with van der Waals surface area (Å²) in [6.45, 7) is 5.56. The van der Waals surface area contributed by atoms with E-state index in [0.29, 0.717) is 27.9 Å². The van der Waals surface area contributed by atoms with E-state index < -0.39 is 0 Å². The lowest BCUT2D eigenvalue weighted by molar-refractivity contribution is 0.0957. The average Bonchev–Trinajstić information content (AvgIpc) is 3.11. The van der Waals surface area contributed by atoms with E-state index in [1.807, 2.05) is 12.1 Å². The molecule has 0 saturated carbocycles. The second kappa shape index (κ2) is 8.43. The Balaban J connectivity index is 1.58. The molecule has 2 aromatic rings. The molecule has 136 valence electrons. The molecule has 1 atom stereocenters. The number of aromatic nitrogens is 1. The fourth-order valence-corrected chi connectivity index (χ4v) is 3.04. The maximum absolute atomic E-state index is 11.9. The molecule has 0 radical (unpaired) electrons. The third kappa shape index (κ3) is 4.48. The second-order valence-corrected chi connectivity index (χ2v) is 6.77. The van der Waals surface area contributed by atoms with Crippen molar-refractivity contribution in [1.29, 1.82) is 0 Å². The van der Waals surface area contributed by atoms with Gasteiger partial charge < -0.3 is 15.0 Å². The third-order valence-electron chi connectivity index (χ3n) is 4.08. The summed E-state index contributed by atoms with van der Waals surface area (Å²) < 4.78 is 5.98. The molecule has 1 fully saturated rings. The molecule has 0 bridgehead atoms. The summed E-state index contributed by atoms with van der Waals surface area (Å²) in [6.07, 6.45) is 4.15. The molecule has 1 aliphatic heterocycles. The van der Waals surface area contributed by atoms with Crippen molar-refractivity contribution in [3.05, 3.63) is 64.8 Å². The number of nitrogens with one attached hydrogen (secondary N) is 1. The molecule has 1 N–H and O–H groups in total. The Hall–Kier alpha value is -2.24. The number of hydrogen-bond donors (Lipinski definition) is 1. The van der Waals surface area contributed by atoms with Gasteiger partial charge in [0.1, 0.15) is 17.7 Å². The predicted molar refractivity (Wildman–Crippen MR) is 104 cm³/mol. The number of anilines is 1. The molecule has 1 saturated heterocycles. The summed E-state index contributed by atoms with van der Waals surface area (Å²) in [5.41, 5.74) is 0.526. The molecule has 1 unspecified atom stereocenters. The number of amides is 1. The van der Waals surface area contributed by atoms with Crippen molar-refractivity contribution in [3.8, 4) is 5.75 Å². The number of halogens is 2. The maximum Gasteiger partial charge on any atom is 0.253 e. The van der Waals surface area contributed by atoms with Crippen molar-refractivity contribution in [3.63, 3.8) is 0 Å². The molecule has 5 nitrogen and oxygen atoms in total. The van der Waals surface area contributed by atoms with E-state index in [4.69, 9.17) is 27.9 Å². The van der Waals surface area contributed by atoms with Crippen molar-refractivity contribution in [2.24, 2.45) is 0 Å². The van der Waals surface area contributed by atoms with Crippen molar-refractivity contribution in [2.45, 2.75) is 12.5 Å². The minimum atomic E-state index is -0.161. The summed E-state index contributed by atoms with van der Waals surface area (Å²) in [6, 6.07) is 8.88. The number of carbonyl (C=O) groups is 1. The smallest absolute Gasteiger partial charge is 0.253 e. The number of carbonyl (C=O) groups excluding carboxylic acids is 1. The number of rotatable bonds is 6. The Bertz CT molecular complexity index is 796. The summed E-state index contributed by atoms with van der Waals surface area (Å²) >= 11 is 12.0. The highest BCUT2D eigenvalue weighted by atomic mass is 35.5. The monoisotopic (exact) mass is 391 g/mol. The van der Waals surface area contributed by atoms with E-state index in [0.717, 1.165) is 25.3 Å². The van der Waals surface area contributed by atoms with Crippen LogP contribution in [-0.2, 0) is 0 Å². The van der Waals surface area contributed by atoms with E-state index in [9.17, 15) is 4.79 Å². The van der Waals surface area contributed by atoms with Gasteiger partial charge in [-0.25, -0.2) is 4.98 Å². The van der Waals surface area contributed by atoms with Crippen LogP contribution in [0.15, 0.2) is 49.2 Å².